The second kappa shape index (κ2) is 8.97. The zero-order valence-electron chi connectivity index (χ0n) is 12.3. The van der Waals surface area contributed by atoms with Gasteiger partial charge in [0.15, 0.2) is 11.5 Å². The quantitative estimate of drug-likeness (QED) is 0.448. The van der Waals surface area contributed by atoms with Crippen LogP contribution in [0.2, 0.25) is 0 Å². The number of rotatable bonds is 8. The first kappa shape index (κ1) is 17.0. The minimum absolute atomic E-state index is 0.0465. The van der Waals surface area contributed by atoms with Gasteiger partial charge in [0.05, 0.1) is 19.3 Å². The fraction of sp³-hybridized carbons (Fsp3) is 0.467. The van der Waals surface area contributed by atoms with E-state index in [9.17, 15) is 9.59 Å². The Bertz CT molecular complexity index is 483. The third kappa shape index (κ3) is 5.43. The van der Waals surface area contributed by atoms with Crippen molar-refractivity contribution in [1.82, 2.24) is 0 Å². The normalized spacial score (nSPS) is 10.0. The van der Waals surface area contributed by atoms with E-state index in [0.29, 0.717) is 18.4 Å². The second-order valence-electron chi connectivity index (χ2n) is 4.24. The van der Waals surface area contributed by atoms with Crippen molar-refractivity contribution in [3.05, 3.63) is 23.8 Å². The summed E-state index contributed by atoms with van der Waals surface area (Å²) in [6.45, 7) is 2.05. The molecule has 0 radical (unpaired) electrons. The van der Waals surface area contributed by atoms with E-state index in [0.717, 1.165) is 0 Å². The molecule has 0 atom stereocenters. The minimum atomic E-state index is -0.461. The third-order valence-electron chi connectivity index (χ3n) is 2.69. The molecule has 1 aromatic rings. The minimum Gasteiger partial charge on any atom is -0.493 e. The van der Waals surface area contributed by atoms with Crippen LogP contribution in [-0.4, -0.2) is 37.4 Å². The molecule has 0 aliphatic carbocycles. The first-order valence-corrected chi connectivity index (χ1v) is 6.79. The fourth-order valence-corrected chi connectivity index (χ4v) is 1.65. The number of benzene rings is 1. The van der Waals surface area contributed by atoms with Crippen molar-refractivity contribution < 1.29 is 28.9 Å². The predicted octanol–water partition coefficient (Wildman–Crippen LogP) is 1.94. The Balaban J connectivity index is 2.74. The number of unbranched alkanes of at least 4 members (excludes halogenated alkanes) is 1. The van der Waals surface area contributed by atoms with Gasteiger partial charge in [-0.3, -0.25) is 4.79 Å². The fourth-order valence-electron chi connectivity index (χ4n) is 1.65. The number of ether oxygens (including phenoxy) is 3. The standard InChI is InChI=1S/C15H20O6/c1-3-20-15(18)11-7-8-12(13(10-11)19-2)21-14(17)6-4-5-9-16/h7-8,10,16H,3-6,9H2,1-2H3. The topological polar surface area (TPSA) is 82.1 Å². The molecule has 116 valence electrons. The van der Waals surface area contributed by atoms with Crippen molar-refractivity contribution >= 4 is 11.9 Å². The molecular weight excluding hydrogens is 276 g/mol. The van der Waals surface area contributed by atoms with E-state index in [1.165, 1.54) is 25.3 Å². The Kier molecular flexibility index (Phi) is 7.25. The maximum atomic E-state index is 11.6. The van der Waals surface area contributed by atoms with Crippen LogP contribution in [0.3, 0.4) is 0 Å². The van der Waals surface area contributed by atoms with Crippen LogP contribution >= 0.6 is 0 Å². The summed E-state index contributed by atoms with van der Waals surface area (Å²) in [6, 6.07) is 4.47. The van der Waals surface area contributed by atoms with Gasteiger partial charge in [0.25, 0.3) is 0 Å². The summed E-state index contributed by atoms with van der Waals surface area (Å²) in [5.74, 6) is -0.335. The first-order valence-electron chi connectivity index (χ1n) is 6.79. The summed E-state index contributed by atoms with van der Waals surface area (Å²) < 4.78 is 15.2. The summed E-state index contributed by atoms with van der Waals surface area (Å²) >= 11 is 0. The second-order valence-corrected chi connectivity index (χ2v) is 4.24. The monoisotopic (exact) mass is 296 g/mol. The van der Waals surface area contributed by atoms with Crippen LogP contribution in [0, 0.1) is 0 Å². The van der Waals surface area contributed by atoms with E-state index in [1.807, 2.05) is 0 Å². The summed E-state index contributed by atoms with van der Waals surface area (Å²) in [5.41, 5.74) is 0.328. The molecule has 1 rings (SSSR count). The van der Waals surface area contributed by atoms with E-state index in [-0.39, 0.29) is 31.1 Å². The zero-order chi connectivity index (χ0) is 15.7. The van der Waals surface area contributed by atoms with E-state index in [1.54, 1.807) is 6.92 Å². The number of hydrogen-bond acceptors (Lipinski definition) is 6. The molecule has 0 heterocycles. The molecule has 0 amide bonds. The molecule has 0 saturated heterocycles. The van der Waals surface area contributed by atoms with Gasteiger partial charge in [0.1, 0.15) is 0 Å². The van der Waals surface area contributed by atoms with Gasteiger partial charge < -0.3 is 19.3 Å². The van der Waals surface area contributed by atoms with Gasteiger partial charge in [-0.05, 0) is 38.0 Å². The smallest absolute Gasteiger partial charge is 0.338 e. The van der Waals surface area contributed by atoms with Crippen molar-refractivity contribution in [3.8, 4) is 11.5 Å². The van der Waals surface area contributed by atoms with Crippen LogP contribution in [0.5, 0.6) is 11.5 Å². The van der Waals surface area contributed by atoms with Crippen LogP contribution in [0.25, 0.3) is 0 Å². The lowest BCUT2D eigenvalue weighted by molar-refractivity contribution is -0.134. The van der Waals surface area contributed by atoms with Crippen molar-refractivity contribution in [2.45, 2.75) is 26.2 Å². The van der Waals surface area contributed by atoms with Gasteiger partial charge in [0.2, 0.25) is 0 Å². The van der Waals surface area contributed by atoms with Crippen LogP contribution in [0.15, 0.2) is 18.2 Å². The van der Waals surface area contributed by atoms with Crippen molar-refractivity contribution in [1.29, 1.82) is 0 Å². The number of methoxy groups -OCH3 is 1. The summed E-state index contributed by atoms with van der Waals surface area (Å²) in [5, 5.41) is 8.66. The molecule has 1 N–H and O–H groups in total. The lowest BCUT2D eigenvalue weighted by atomic mass is 10.2. The highest BCUT2D eigenvalue weighted by Crippen LogP contribution is 2.28. The molecule has 0 fully saturated rings. The summed E-state index contributed by atoms with van der Waals surface area (Å²) in [7, 11) is 1.42. The maximum Gasteiger partial charge on any atom is 0.338 e. The molecule has 0 aliphatic heterocycles. The summed E-state index contributed by atoms with van der Waals surface area (Å²) in [4.78, 5) is 23.2. The van der Waals surface area contributed by atoms with E-state index >= 15 is 0 Å². The van der Waals surface area contributed by atoms with E-state index in [4.69, 9.17) is 19.3 Å². The lowest BCUT2D eigenvalue weighted by Crippen LogP contribution is -2.10. The van der Waals surface area contributed by atoms with Gasteiger partial charge >= 0.3 is 11.9 Å². The SMILES string of the molecule is CCOC(=O)c1ccc(OC(=O)CCCCO)c(OC)c1. The Morgan fingerprint density at radius 1 is 1.19 bits per heavy atom. The van der Waals surface area contributed by atoms with Gasteiger partial charge in [-0.25, -0.2) is 4.79 Å². The molecule has 0 spiro atoms. The van der Waals surface area contributed by atoms with Gasteiger partial charge in [-0.15, -0.1) is 0 Å². The molecule has 0 aliphatic rings. The molecule has 0 bridgehead atoms. The number of hydrogen-bond donors (Lipinski definition) is 1. The zero-order valence-corrected chi connectivity index (χ0v) is 12.3. The first-order chi connectivity index (χ1) is 10.1. The maximum absolute atomic E-state index is 11.6. The Morgan fingerprint density at radius 3 is 2.57 bits per heavy atom. The molecule has 6 heteroatoms. The molecule has 0 aromatic heterocycles. The van der Waals surface area contributed by atoms with Crippen molar-refractivity contribution in [3.63, 3.8) is 0 Å². The highest BCUT2D eigenvalue weighted by Gasteiger charge is 2.14. The molecule has 1 aromatic carbocycles. The third-order valence-corrected chi connectivity index (χ3v) is 2.69. The van der Waals surface area contributed by atoms with Gasteiger partial charge in [-0.1, -0.05) is 0 Å². The Hall–Kier alpha value is -2.08. The molecule has 0 saturated carbocycles. The van der Waals surface area contributed by atoms with E-state index < -0.39 is 11.9 Å². The largest absolute Gasteiger partial charge is 0.493 e. The molecule has 0 unspecified atom stereocenters. The Morgan fingerprint density at radius 2 is 1.95 bits per heavy atom. The van der Waals surface area contributed by atoms with Crippen LogP contribution < -0.4 is 9.47 Å². The van der Waals surface area contributed by atoms with E-state index in [2.05, 4.69) is 0 Å². The summed E-state index contributed by atoms with van der Waals surface area (Å²) in [6.07, 6.45) is 1.32. The number of aliphatic hydroxyl groups is 1. The predicted molar refractivity (Wildman–Crippen MR) is 75.5 cm³/mol. The molecule has 6 nitrogen and oxygen atoms in total. The number of aliphatic hydroxyl groups excluding tert-OH is 1. The molecule has 21 heavy (non-hydrogen) atoms. The van der Waals surface area contributed by atoms with Gasteiger partial charge in [0, 0.05) is 13.0 Å². The van der Waals surface area contributed by atoms with Gasteiger partial charge in [-0.2, -0.15) is 0 Å². The lowest BCUT2D eigenvalue weighted by Gasteiger charge is -2.10. The Labute approximate surface area is 123 Å². The number of esters is 2. The van der Waals surface area contributed by atoms with Crippen molar-refractivity contribution in [2.75, 3.05) is 20.3 Å². The van der Waals surface area contributed by atoms with Crippen LogP contribution in [0.4, 0.5) is 0 Å². The highest BCUT2D eigenvalue weighted by molar-refractivity contribution is 5.90. The average molecular weight is 296 g/mol. The molecular formula is C15H20O6. The van der Waals surface area contributed by atoms with Crippen LogP contribution in [0.1, 0.15) is 36.5 Å². The number of carbonyl (C=O) groups excluding carboxylic acids is 2. The average Bonchev–Trinajstić information content (AvgIpc) is 2.48. The highest BCUT2D eigenvalue weighted by atomic mass is 16.6. The number of carbonyl (C=O) groups is 2. The van der Waals surface area contributed by atoms with Crippen molar-refractivity contribution in [2.24, 2.45) is 0 Å². The van der Waals surface area contributed by atoms with Crippen LogP contribution in [-0.2, 0) is 9.53 Å².